The first-order valence-electron chi connectivity index (χ1n) is 20.0. The van der Waals surface area contributed by atoms with E-state index >= 15 is 0 Å². The van der Waals surface area contributed by atoms with Gasteiger partial charge in [-0.1, -0.05) is 85.2 Å². The molecule has 55 heavy (non-hydrogen) atoms. The fourth-order valence-corrected chi connectivity index (χ4v) is 7.91. The van der Waals surface area contributed by atoms with Crippen molar-refractivity contribution in [3.05, 3.63) is 35.9 Å². The van der Waals surface area contributed by atoms with Crippen LogP contribution < -0.4 is 10.6 Å². The van der Waals surface area contributed by atoms with Crippen molar-refractivity contribution in [2.45, 2.75) is 143 Å². The second-order valence-corrected chi connectivity index (χ2v) is 16.4. The first kappa shape index (κ1) is 47.6. The van der Waals surface area contributed by atoms with Crippen LogP contribution in [0, 0.1) is 23.7 Å². The highest BCUT2D eigenvalue weighted by molar-refractivity contribution is 5.90. The topological polar surface area (TPSA) is 158 Å². The summed E-state index contributed by atoms with van der Waals surface area (Å²) in [6.45, 7) is 18.1. The summed E-state index contributed by atoms with van der Waals surface area (Å²) in [4.78, 5) is 73.3. The third kappa shape index (κ3) is 12.7. The molecule has 1 aliphatic rings. The van der Waals surface area contributed by atoms with Crippen LogP contribution in [0.2, 0.25) is 0 Å². The van der Waals surface area contributed by atoms with Crippen molar-refractivity contribution in [1.82, 2.24) is 25.3 Å². The van der Waals surface area contributed by atoms with E-state index in [-0.39, 0.29) is 54.4 Å². The van der Waals surface area contributed by atoms with E-state index in [0.717, 1.165) is 12.0 Å². The van der Waals surface area contributed by atoms with Crippen molar-refractivity contribution in [2.75, 3.05) is 34.9 Å². The molecule has 0 bridgehead atoms. The highest BCUT2D eigenvalue weighted by atomic mass is 16.5. The lowest BCUT2D eigenvalue weighted by Crippen LogP contribution is -2.60. The fraction of sp³-hybridized carbons (Fsp3) is 0.738. The minimum atomic E-state index is -1.14. The number of nitrogens with zero attached hydrogens (tertiary/aromatic N) is 3. The van der Waals surface area contributed by atoms with E-state index in [2.05, 4.69) is 10.6 Å². The number of carboxylic acids is 1. The molecule has 0 spiro atoms. The molecule has 2 rings (SSSR count). The number of amides is 4. The van der Waals surface area contributed by atoms with Gasteiger partial charge in [-0.05, 0) is 57.1 Å². The molecule has 4 amide bonds. The summed E-state index contributed by atoms with van der Waals surface area (Å²) in [6, 6.07) is 6.00. The van der Waals surface area contributed by atoms with E-state index in [1.165, 1.54) is 7.11 Å². The summed E-state index contributed by atoms with van der Waals surface area (Å²) in [5.74, 6) is -3.21. The molecule has 1 aromatic rings. The Bertz CT molecular complexity index is 1390. The van der Waals surface area contributed by atoms with E-state index in [0.29, 0.717) is 19.4 Å². The third-order valence-corrected chi connectivity index (χ3v) is 11.5. The first-order chi connectivity index (χ1) is 25.8. The number of hydrogen-bond acceptors (Lipinski definition) is 8. The number of hydrogen-bond donors (Lipinski definition) is 3. The van der Waals surface area contributed by atoms with Gasteiger partial charge in [0.15, 0.2) is 0 Å². The number of benzene rings is 1. The summed E-state index contributed by atoms with van der Waals surface area (Å²) in [5, 5.41) is 15.7. The number of carbonyl (C=O) groups is 5. The second kappa shape index (κ2) is 22.3. The van der Waals surface area contributed by atoms with Gasteiger partial charge in [0, 0.05) is 40.3 Å². The van der Waals surface area contributed by atoms with E-state index in [1.807, 2.05) is 97.7 Å². The van der Waals surface area contributed by atoms with Crippen LogP contribution in [0.15, 0.2) is 30.3 Å². The van der Waals surface area contributed by atoms with Crippen molar-refractivity contribution < 1.29 is 38.6 Å². The molecule has 0 aliphatic carbocycles. The van der Waals surface area contributed by atoms with Gasteiger partial charge in [-0.25, -0.2) is 4.79 Å². The van der Waals surface area contributed by atoms with Gasteiger partial charge in [-0.3, -0.25) is 24.1 Å². The van der Waals surface area contributed by atoms with Crippen LogP contribution in [-0.2, 0) is 39.9 Å². The molecule has 0 saturated carbocycles. The van der Waals surface area contributed by atoms with Crippen LogP contribution in [0.3, 0.4) is 0 Å². The van der Waals surface area contributed by atoms with E-state index < -0.39 is 60.2 Å². The Morgan fingerprint density at radius 1 is 0.891 bits per heavy atom. The van der Waals surface area contributed by atoms with Gasteiger partial charge in [-0.15, -0.1) is 0 Å². The quantitative estimate of drug-likeness (QED) is 0.157. The number of nitrogens with one attached hydrogen (secondary N) is 2. The Balaban J connectivity index is 2.29. The van der Waals surface area contributed by atoms with Crippen molar-refractivity contribution in [3.8, 4) is 0 Å². The highest BCUT2D eigenvalue weighted by Crippen LogP contribution is 2.30. The molecule has 3 unspecified atom stereocenters. The number of ether oxygens (including phenoxy) is 2. The van der Waals surface area contributed by atoms with Gasteiger partial charge in [0.25, 0.3) is 0 Å². The van der Waals surface area contributed by atoms with Gasteiger partial charge in [-0.2, -0.15) is 0 Å². The number of methoxy groups -OCH3 is 2. The predicted molar refractivity (Wildman–Crippen MR) is 214 cm³/mol. The summed E-state index contributed by atoms with van der Waals surface area (Å²) < 4.78 is 11.9. The molecule has 312 valence electrons. The number of likely N-dealkylation sites (N-methyl/N-ethyl adjacent to an activating group) is 2. The van der Waals surface area contributed by atoms with Crippen LogP contribution in [0.4, 0.5) is 0 Å². The lowest BCUT2D eigenvalue weighted by Gasteiger charge is -2.41. The molecule has 13 nitrogen and oxygen atoms in total. The van der Waals surface area contributed by atoms with Crippen LogP contribution in [-0.4, -0.2) is 133 Å². The number of carbonyl (C=O) groups excluding carboxylic acids is 4. The Kier molecular flexibility index (Phi) is 19.3. The molecular weight excluding hydrogens is 702 g/mol. The van der Waals surface area contributed by atoms with Crippen LogP contribution in [0.25, 0.3) is 0 Å². The number of carboxylic acid groups (broad SMARTS) is 1. The predicted octanol–water partition coefficient (Wildman–Crippen LogP) is 4.22. The summed E-state index contributed by atoms with van der Waals surface area (Å²) in [7, 11) is 6.69. The molecule has 1 aromatic carbocycles. The molecule has 0 aromatic heterocycles. The normalized spacial score (nSPS) is 19.1. The largest absolute Gasteiger partial charge is 0.480 e. The van der Waals surface area contributed by atoms with Crippen LogP contribution in [0.5, 0.6) is 0 Å². The molecule has 13 heteroatoms. The summed E-state index contributed by atoms with van der Waals surface area (Å²) in [5.41, 5.74) is 0.785. The Hall–Kier alpha value is -3.55. The van der Waals surface area contributed by atoms with E-state index in [1.54, 1.807) is 30.9 Å². The fourth-order valence-electron chi connectivity index (χ4n) is 7.91. The van der Waals surface area contributed by atoms with Gasteiger partial charge in [0.05, 0.1) is 42.7 Å². The zero-order chi connectivity index (χ0) is 41.7. The molecule has 9 atom stereocenters. The zero-order valence-electron chi connectivity index (χ0n) is 35.7. The molecule has 1 aliphatic heterocycles. The summed E-state index contributed by atoms with van der Waals surface area (Å²) in [6.07, 6.45) is 0.808. The van der Waals surface area contributed by atoms with Crippen LogP contribution >= 0.6 is 0 Å². The van der Waals surface area contributed by atoms with Crippen molar-refractivity contribution >= 4 is 29.6 Å². The average molecular weight is 774 g/mol. The van der Waals surface area contributed by atoms with E-state index in [9.17, 15) is 29.1 Å². The number of rotatable bonds is 22. The van der Waals surface area contributed by atoms with Crippen LogP contribution in [0.1, 0.15) is 93.6 Å². The maximum Gasteiger partial charge on any atom is 0.326 e. The lowest BCUT2D eigenvalue weighted by molar-refractivity contribution is -0.148. The average Bonchev–Trinajstić information content (AvgIpc) is 3.62. The second-order valence-electron chi connectivity index (χ2n) is 16.4. The van der Waals surface area contributed by atoms with Crippen molar-refractivity contribution in [3.63, 3.8) is 0 Å². The third-order valence-electron chi connectivity index (χ3n) is 11.5. The zero-order valence-corrected chi connectivity index (χ0v) is 35.7. The summed E-state index contributed by atoms with van der Waals surface area (Å²) >= 11 is 0. The molecule has 1 heterocycles. The van der Waals surface area contributed by atoms with Gasteiger partial charge in [0.1, 0.15) is 12.1 Å². The maximum absolute atomic E-state index is 14.3. The maximum atomic E-state index is 14.3. The monoisotopic (exact) mass is 774 g/mol. The van der Waals surface area contributed by atoms with Gasteiger partial charge < -0.3 is 35.0 Å². The molecular formula is C42H71N5O8. The van der Waals surface area contributed by atoms with E-state index in [4.69, 9.17) is 9.47 Å². The Morgan fingerprint density at radius 3 is 2.00 bits per heavy atom. The van der Waals surface area contributed by atoms with Crippen molar-refractivity contribution in [1.29, 1.82) is 0 Å². The number of likely N-dealkylation sites (tertiary alicyclic amines) is 1. The van der Waals surface area contributed by atoms with Gasteiger partial charge >= 0.3 is 5.97 Å². The SMILES string of the molecule is CCC(C)[C@@H]([C@@H](CC(=O)N1CCC[C@H]1[C@H](OC)[C@@H](C)C(=O)NC(Cc1ccccc1)C(=O)O)OC)N(C)C(=O)[C@@H](NC(=O)C(C(C)C)N(C)C(C)C)C(C)C. The minimum absolute atomic E-state index is 0.0118. The molecule has 3 N–H and O–H groups in total. The minimum Gasteiger partial charge on any atom is -0.480 e. The Labute approximate surface area is 330 Å². The molecule has 0 radical (unpaired) electrons. The highest BCUT2D eigenvalue weighted by Gasteiger charge is 2.43. The lowest BCUT2D eigenvalue weighted by atomic mass is 9.89. The Morgan fingerprint density at radius 2 is 1.51 bits per heavy atom. The smallest absolute Gasteiger partial charge is 0.326 e. The molecule has 1 saturated heterocycles. The standard InChI is InChI=1S/C42H71N5O8/c1-14-28(8)37(46(11)41(51)35(25(2)3)44-40(50)36(26(4)5)45(10)27(6)7)33(54-12)24-34(48)47-22-18-21-32(47)38(55-13)29(9)39(49)43-31(42(52)53)23-30-19-16-15-17-20-30/h15-17,19-20,25-29,31-33,35-38H,14,18,21-24H2,1-13H3,(H,43,49)(H,44,50)(H,52,53)/t28?,29-,31?,32+,33-,35+,36?,37+,38-/m1/s1. The van der Waals surface area contributed by atoms with Crippen molar-refractivity contribution in [2.24, 2.45) is 23.7 Å². The first-order valence-corrected chi connectivity index (χ1v) is 20.0. The van der Waals surface area contributed by atoms with Gasteiger partial charge in [0.2, 0.25) is 23.6 Å². The molecule has 1 fully saturated rings. The number of aliphatic carboxylic acids is 1.